The minimum absolute atomic E-state index is 0.313. The maximum Gasteiger partial charge on any atom is 0.333 e. The number of benzene rings is 2. The number of rotatable bonds is 14. The van der Waals surface area contributed by atoms with Gasteiger partial charge in [-0.3, -0.25) is 15.3 Å². The van der Waals surface area contributed by atoms with E-state index >= 15 is 0 Å². The summed E-state index contributed by atoms with van der Waals surface area (Å²) in [6.07, 6.45) is 2.02. The number of aromatic nitrogens is 1. The third-order valence-electron chi connectivity index (χ3n) is 4.99. The molecule has 2 aromatic carbocycles. The number of hydrogen-bond donors (Lipinski definition) is 2. The van der Waals surface area contributed by atoms with Crippen molar-refractivity contribution in [2.24, 2.45) is 0 Å². The number of nitrogens with one attached hydrogen (secondary N) is 1. The lowest BCUT2D eigenvalue weighted by Gasteiger charge is -2.14. The number of hydrogen-bond acceptors (Lipinski definition) is 6. The lowest BCUT2D eigenvalue weighted by molar-refractivity contribution is -0.150. The molecule has 0 aliphatic rings. The smallest absolute Gasteiger partial charge is 0.333 e. The topological polar surface area (TPSA) is 89.9 Å². The van der Waals surface area contributed by atoms with Crippen molar-refractivity contribution in [2.75, 3.05) is 19.8 Å². The second-order valence-corrected chi connectivity index (χ2v) is 7.62. The van der Waals surface area contributed by atoms with E-state index in [9.17, 15) is 9.90 Å². The summed E-state index contributed by atoms with van der Waals surface area (Å²) in [5.74, 6) is -0.276. The molecule has 34 heavy (non-hydrogen) atoms. The molecule has 1 aromatic heterocycles. The molecule has 0 fully saturated rings. The number of nitrogens with zero attached hydrogens (tertiary/aromatic N) is 1. The maximum absolute atomic E-state index is 11.3. The van der Waals surface area contributed by atoms with Crippen molar-refractivity contribution in [3.8, 4) is 17.0 Å². The average molecular weight is 463 g/mol. The first kappa shape index (κ1) is 25.0. The van der Waals surface area contributed by atoms with Gasteiger partial charge in [-0.1, -0.05) is 56.0 Å². The first-order chi connectivity index (χ1) is 16.6. The van der Waals surface area contributed by atoms with Gasteiger partial charge in [0.15, 0.2) is 6.10 Å². The van der Waals surface area contributed by atoms with E-state index in [1.54, 1.807) is 6.20 Å². The highest BCUT2D eigenvalue weighted by Gasteiger charge is 2.18. The Morgan fingerprint density at radius 2 is 1.79 bits per heavy atom. The first-order valence-electron chi connectivity index (χ1n) is 11.2. The van der Waals surface area contributed by atoms with Crippen LogP contribution >= 0.6 is 0 Å². The van der Waals surface area contributed by atoms with Crippen molar-refractivity contribution < 1.29 is 24.2 Å². The highest BCUT2D eigenvalue weighted by molar-refractivity contribution is 5.72. The van der Waals surface area contributed by atoms with Gasteiger partial charge in [0.1, 0.15) is 19.0 Å². The van der Waals surface area contributed by atoms with Gasteiger partial charge in [0.25, 0.3) is 0 Å². The number of carboxylic acids is 1. The molecule has 0 bridgehead atoms. The molecule has 0 saturated carbocycles. The molecule has 0 saturated heterocycles. The number of ether oxygens (including phenoxy) is 2. The molecule has 0 amide bonds. The summed E-state index contributed by atoms with van der Waals surface area (Å²) in [7, 11) is 0. The number of aliphatic carboxylic acids is 1. The van der Waals surface area contributed by atoms with Crippen LogP contribution in [0.4, 0.5) is 0 Å². The fourth-order valence-corrected chi connectivity index (χ4v) is 3.19. The molecule has 3 aromatic rings. The molecule has 178 valence electrons. The third kappa shape index (κ3) is 7.72. The van der Waals surface area contributed by atoms with Crippen LogP contribution in [-0.4, -0.2) is 42.0 Å². The van der Waals surface area contributed by atoms with Gasteiger partial charge in [-0.15, -0.1) is 0 Å². The van der Waals surface area contributed by atoms with E-state index in [0.29, 0.717) is 37.7 Å². The second kappa shape index (κ2) is 13.1. The van der Waals surface area contributed by atoms with Crippen molar-refractivity contribution in [1.82, 2.24) is 10.5 Å². The first-order valence-corrected chi connectivity index (χ1v) is 11.2. The van der Waals surface area contributed by atoms with Crippen LogP contribution in [0.3, 0.4) is 0 Å². The molecule has 0 aliphatic heterocycles. The molecule has 0 aliphatic carbocycles. The SMILES string of the molecule is C=C(NOCCOc1ccc(CC(OCCC)C(=O)O)cc1)c1ccc(-c2ccccn2)cc1. The normalized spacial score (nSPS) is 11.6. The van der Waals surface area contributed by atoms with Gasteiger partial charge in [-0.25, -0.2) is 4.79 Å². The highest BCUT2D eigenvalue weighted by atomic mass is 16.7. The molecule has 1 unspecified atom stereocenters. The number of carboxylic acid groups (broad SMARTS) is 1. The molecule has 7 nitrogen and oxygen atoms in total. The zero-order valence-corrected chi connectivity index (χ0v) is 19.3. The zero-order chi connectivity index (χ0) is 24.2. The molecule has 0 radical (unpaired) electrons. The Morgan fingerprint density at radius 3 is 2.44 bits per heavy atom. The summed E-state index contributed by atoms with van der Waals surface area (Å²) >= 11 is 0. The minimum atomic E-state index is -0.954. The standard InChI is InChI=1S/C27H30N2O5/c1-3-16-33-26(27(30)31)19-21-7-13-24(14-8-21)32-17-18-34-29-20(2)22-9-11-23(12-10-22)25-6-4-5-15-28-25/h4-15,26,29H,2-3,16-19H2,1H3,(H,30,31). The summed E-state index contributed by atoms with van der Waals surface area (Å²) in [4.78, 5) is 21.1. The summed E-state index contributed by atoms with van der Waals surface area (Å²) in [6.45, 7) is 7.04. The molecular weight excluding hydrogens is 432 g/mol. The maximum atomic E-state index is 11.3. The van der Waals surface area contributed by atoms with Crippen LogP contribution in [-0.2, 0) is 20.8 Å². The Hall–Kier alpha value is -3.68. The van der Waals surface area contributed by atoms with Crippen LogP contribution in [0.1, 0.15) is 24.5 Å². The summed E-state index contributed by atoms with van der Waals surface area (Å²) in [5, 5.41) is 9.28. The fraction of sp³-hybridized carbons (Fsp3) is 0.259. The van der Waals surface area contributed by atoms with Crippen LogP contribution in [0.2, 0.25) is 0 Å². The van der Waals surface area contributed by atoms with Crippen LogP contribution in [0, 0.1) is 0 Å². The Balaban J connectivity index is 1.37. The Kier molecular flexibility index (Phi) is 9.64. The molecule has 3 rings (SSSR count). The van der Waals surface area contributed by atoms with E-state index in [1.807, 2.05) is 73.7 Å². The molecule has 2 N–H and O–H groups in total. The highest BCUT2D eigenvalue weighted by Crippen LogP contribution is 2.19. The van der Waals surface area contributed by atoms with Crippen molar-refractivity contribution in [3.63, 3.8) is 0 Å². The van der Waals surface area contributed by atoms with Crippen molar-refractivity contribution in [1.29, 1.82) is 0 Å². The van der Waals surface area contributed by atoms with Gasteiger partial charge in [-0.05, 0) is 41.8 Å². The Labute approximate surface area is 200 Å². The minimum Gasteiger partial charge on any atom is -0.491 e. The predicted octanol–water partition coefficient (Wildman–Crippen LogP) is 4.74. The average Bonchev–Trinajstić information content (AvgIpc) is 2.87. The third-order valence-corrected chi connectivity index (χ3v) is 4.99. The largest absolute Gasteiger partial charge is 0.491 e. The van der Waals surface area contributed by atoms with Crippen molar-refractivity contribution in [2.45, 2.75) is 25.9 Å². The number of hydroxylamine groups is 1. The van der Waals surface area contributed by atoms with Crippen molar-refractivity contribution >= 4 is 11.7 Å². The number of pyridine rings is 1. The van der Waals surface area contributed by atoms with E-state index in [4.69, 9.17) is 14.3 Å². The number of carbonyl (C=O) groups is 1. The van der Waals surface area contributed by atoms with Gasteiger partial charge in [0.05, 0.1) is 11.4 Å². The van der Waals surface area contributed by atoms with Crippen LogP contribution < -0.4 is 10.2 Å². The Bertz CT molecular complexity index is 1040. The molecule has 7 heteroatoms. The van der Waals surface area contributed by atoms with Gasteiger partial charge in [0, 0.05) is 24.8 Å². The van der Waals surface area contributed by atoms with Crippen LogP contribution in [0.5, 0.6) is 5.75 Å². The van der Waals surface area contributed by atoms with Gasteiger partial charge < -0.3 is 14.6 Å². The summed E-state index contributed by atoms with van der Waals surface area (Å²) in [5.41, 5.74) is 7.23. The molecule has 1 heterocycles. The van der Waals surface area contributed by atoms with E-state index in [1.165, 1.54) is 0 Å². The second-order valence-electron chi connectivity index (χ2n) is 7.62. The Morgan fingerprint density at radius 1 is 1.03 bits per heavy atom. The quantitative estimate of drug-likeness (QED) is 0.264. The molecule has 1 atom stereocenters. The predicted molar refractivity (Wildman–Crippen MR) is 131 cm³/mol. The molecule has 0 spiro atoms. The lowest BCUT2D eigenvalue weighted by Crippen LogP contribution is -2.26. The van der Waals surface area contributed by atoms with E-state index in [2.05, 4.69) is 17.0 Å². The fourth-order valence-electron chi connectivity index (χ4n) is 3.19. The van der Waals surface area contributed by atoms with Gasteiger partial charge in [-0.2, -0.15) is 0 Å². The lowest BCUT2D eigenvalue weighted by atomic mass is 10.1. The van der Waals surface area contributed by atoms with E-state index in [-0.39, 0.29) is 0 Å². The zero-order valence-electron chi connectivity index (χ0n) is 19.3. The molecular formula is C27H30N2O5. The van der Waals surface area contributed by atoms with Crippen LogP contribution in [0.15, 0.2) is 79.5 Å². The van der Waals surface area contributed by atoms with Gasteiger partial charge in [0.2, 0.25) is 0 Å². The van der Waals surface area contributed by atoms with Gasteiger partial charge >= 0.3 is 5.97 Å². The monoisotopic (exact) mass is 462 g/mol. The van der Waals surface area contributed by atoms with Crippen LogP contribution in [0.25, 0.3) is 17.0 Å². The summed E-state index contributed by atoms with van der Waals surface area (Å²) < 4.78 is 11.1. The summed E-state index contributed by atoms with van der Waals surface area (Å²) in [6, 6.07) is 21.0. The van der Waals surface area contributed by atoms with E-state index in [0.717, 1.165) is 28.8 Å². The van der Waals surface area contributed by atoms with E-state index < -0.39 is 12.1 Å². The van der Waals surface area contributed by atoms with Crippen molar-refractivity contribution in [3.05, 3.63) is 90.6 Å².